The van der Waals surface area contributed by atoms with Gasteiger partial charge in [-0.3, -0.25) is 9.36 Å². The fraction of sp³-hybridized carbons (Fsp3) is 0.200. The monoisotopic (exact) mass is 417 g/mol. The topological polar surface area (TPSA) is 90.3 Å². The molecule has 0 spiro atoms. The first kappa shape index (κ1) is 20.7. The Morgan fingerprint density at radius 3 is 2.55 bits per heavy atom. The maximum atomic E-state index is 13.0. The molecule has 2 aromatic carbocycles. The number of aromatic nitrogens is 2. The zero-order chi connectivity index (χ0) is 20.9. The number of nitrogens with one attached hydrogen (secondary N) is 1. The maximum Gasteiger partial charge on any atom is 0.253 e. The lowest BCUT2D eigenvalue weighted by molar-refractivity contribution is 0.331. The van der Waals surface area contributed by atoms with Crippen LogP contribution in [0.25, 0.3) is 11.3 Å². The van der Waals surface area contributed by atoms with Crippen LogP contribution < -0.4 is 15.0 Å². The van der Waals surface area contributed by atoms with E-state index < -0.39 is 10.0 Å². The predicted octanol–water partition coefficient (Wildman–Crippen LogP) is 2.43. The molecule has 0 saturated carbocycles. The SMILES string of the molecule is CCOc1ccccc1S(=O)(=O)NCCn1cnc(-c2ccc(F)cc2)cc1=O. The Morgan fingerprint density at radius 1 is 1.14 bits per heavy atom. The van der Waals surface area contributed by atoms with Gasteiger partial charge in [-0.15, -0.1) is 0 Å². The van der Waals surface area contributed by atoms with Crippen LogP contribution in [-0.4, -0.2) is 31.1 Å². The van der Waals surface area contributed by atoms with Crippen LogP contribution in [0.5, 0.6) is 5.75 Å². The van der Waals surface area contributed by atoms with Gasteiger partial charge in [-0.25, -0.2) is 22.5 Å². The molecular weight excluding hydrogens is 397 g/mol. The number of hydrogen-bond acceptors (Lipinski definition) is 5. The summed E-state index contributed by atoms with van der Waals surface area (Å²) in [7, 11) is -3.80. The summed E-state index contributed by atoms with van der Waals surface area (Å²) in [5.41, 5.74) is 0.689. The van der Waals surface area contributed by atoms with Gasteiger partial charge in [0.1, 0.15) is 16.5 Å². The van der Waals surface area contributed by atoms with Crippen molar-refractivity contribution >= 4 is 10.0 Å². The highest BCUT2D eigenvalue weighted by Crippen LogP contribution is 2.22. The van der Waals surface area contributed by atoms with Crippen LogP contribution in [0.2, 0.25) is 0 Å². The number of ether oxygens (including phenoxy) is 1. The molecule has 3 rings (SSSR count). The molecule has 1 N–H and O–H groups in total. The number of sulfonamides is 1. The quantitative estimate of drug-likeness (QED) is 0.608. The van der Waals surface area contributed by atoms with Crippen molar-refractivity contribution in [2.75, 3.05) is 13.2 Å². The van der Waals surface area contributed by atoms with Crippen LogP contribution in [0.3, 0.4) is 0 Å². The molecule has 1 aromatic heterocycles. The van der Waals surface area contributed by atoms with Gasteiger partial charge in [-0.1, -0.05) is 12.1 Å². The van der Waals surface area contributed by atoms with Crippen molar-refractivity contribution in [2.24, 2.45) is 0 Å². The van der Waals surface area contributed by atoms with E-state index in [1.165, 1.54) is 47.3 Å². The van der Waals surface area contributed by atoms with E-state index in [1.54, 1.807) is 25.1 Å². The van der Waals surface area contributed by atoms with E-state index in [9.17, 15) is 17.6 Å². The zero-order valence-electron chi connectivity index (χ0n) is 15.7. The van der Waals surface area contributed by atoms with Crippen molar-refractivity contribution in [2.45, 2.75) is 18.4 Å². The van der Waals surface area contributed by atoms with E-state index in [2.05, 4.69) is 9.71 Å². The molecule has 0 aliphatic rings. The molecule has 0 atom stereocenters. The number of para-hydroxylation sites is 1. The Balaban J connectivity index is 1.69. The Hall–Kier alpha value is -3.04. The van der Waals surface area contributed by atoms with Crippen molar-refractivity contribution in [1.29, 1.82) is 0 Å². The third kappa shape index (κ3) is 5.07. The number of hydrogen-bond donors (Lipinski definition) is 1. The highest BCUT2D eigenvalue weighted by molar-refractivity contribution is 7.89. The normalized spacial score (nSPS) is 11.4. The molecule has 152 valence electrons. The summed E-state index contributed by atoms with van der Waals surface area (Å²) in [5, 5.41) is 0. The van der Waals surface area contributed by atoms with Gasteiger partial charge in [0.2, 0.25) is 10.0 Å². The highest BCUT2D eigenvalue weighted by atomic mass is 32.2. The van der Waals surface area contributed by atoms with Gasteiger partial charge in [-0.05, 0) is 43.3 Å². The fourth-order valence-corrected chi connectivity index (χ4v) is 3.86. The van der Waals surface area contributed by atoms with Crippen molar-refractivity contribution in [3.63, 3.8) is 0 Å². The van der Waals surface area contributed by atoms with Crippen molar-refractivity contribution in [1.82, 2.24) is 14.3 Å². The summed E-state index contributed by atoms with van der Waals surface area (Å²) in [5.74, 6) is -0.106. The van der Waals surface area contributed by atoms with Crippen LogP contribution in [0.4, 0.5) is 4.39 Å². The van der Waals surface area contributed by atoms with E-state index in [1.807, 2.05) is 0 Å². The lowest BCUT2D eigenvalue weighted by Crippen LogP contribution is -2.31. The van der Waals surface area contributed by atoms with Gasteiger partial charge in [0, 0.05) is 24.7 Å². The van der Waals surface area contributed by atoms with E-state index in [0.29, 0.717) is 17.9 Å². The minimum Gasteiger partial charge on any atom is -0.492 e. The summed E-state index contributed by atoms with van der Waals surface area (Å²) in [4.78, 5) is 16.5. The second-order valence-corrected chi connectivity index (χ2v) is 7.83. The van der Waals surface area contributed by atoms with Gasteiger partial charge >= 0.3 is 0 Å². The Kier molecular flexibility index (Phi) is 6.40. The highest BCUT2D eigenvalue weighted by Gasteiger charge is 2.18. The van der Waals surface area contributed by atoms with E-state index >= 15 is 0 Å². The summed E-state index contributed by atoms with van der Waals surface area (Å²) < 4.78 is 47.2. The lowest BCUT2D eigenvalue weighted by atomic mass is 10.1. The molecule has 0 unspecified atom stereocenters. The van der Waals surface area contributed by atoms with Gasteiger partial charge in [0.05, 0.1) is 18.6 Å². The fourth-order valence-electron chi connectivity index (χ4n) is 2.70. The summed E-state index contributed by atoms with van der Waals surface area (Å²) >= 11 is 0. The van der Waals surface area contributed by atoms with Gasteiger partial charge in [0.25, 0.3) is 5.56 Å². The molecule has 0 aliphatic heterocycles. The summed E-state index contributed by atoms with van der Waals surface area (Å²) in [6.45, 7) is 2.21. The van der Waals surface area contributed by atoms with E-state index in [-0.39, 0.29) is 35.1 Å². The van der Waals surface area contributed by atoms with Gasteiger partial charge < -0.3 is 4.74 Å². The standard InChI is InChI=1S/C20H20FN3O4S/c1-2-28-18-5-3-4-6-19(18)29(26,27)23-11-12-24-14-22-17(13-20(24)25)15-7-9-16(21)10-8-15/h3-10,13-14,23H,2,11-12H2,1H3. The van der Waals surface area contributed by atoms with Crippen LogP contribution in [-0.2, 0) is 16.6 Å². The number of benzene rings is 2. The molecule has 1 heterocycles. The second-order valence-electron chi connectivity index (χ2n) is 6.09. The number of nitrogens with zero attached hydrogens (tertiary/aromatic N) is 2. The Labute approximate surface area is 167 Å². The zero-order valence-corrected chi connectivity index (χ0v) is 16.5. The third-order valence-electron chi connectivity index (χ3n) is 4.10. The van der Waals surface area contributed by atoms with E-state index in [0.717, 1.165) is 0 Å². The third-order valence-corrected chi connectivity index (χ3v) is 5.60. The van der Waals surface area contributed by atoms with E-state index in [4.69, 9.17) is 4.74 Å². The average Bonchev–Trinajstić information content (AvgIpc) is 2.70. The molecule has 0 fully saturated rings. The van der Waals surface area contributed by atoms with Crippen LogP contribution in [0, 0.1) is 5.82 Å². The molecule has 0 bridgehead atoms. The first-order valence-corrected chi connectivity index (χ1v) is 10.4. The minimum atomic E-state index is -3.80. The molecule has 0 aliphatic carbocycles. The number of rotatable bonds is 8. The molecule has 0 amide bonds. The van der Waals surface area contributed by atoms with Crippen molar-refractivity contribution in [3.05, 3.63) is 77.1 Å². The van der Waals surface area contributed by atoms with Crippen molar-refractivity contribution in [3.8, 4) is 17.0 Å². The molecular formula is C20H20FN3O4S. The van der Waals surface area contributed by atoms with Gasteiger partial charge in [0.15, 0.2) is 0 Å². The van der Waals surface area contributed by atoms with Crippen molar-refractivity contribution < 1.29 is 17.5 Å². The molecule has 0 saturated heterocycles. The summed E-state index contributed by atoms with van der Waals surface area (Å²) in [6.07, 6.45) is 1.34. The minimum absolute atomic E-state index is 0.000272. The first-order chi connectivity index (χ1) is 13.9. The summed E-state index contributed by atoms with van der Waals surface area (Å²) in [6, 6.07) is 13.3. The molecule has 3 aromatic rings. The second kappa shape index (κ2) is 8.97. The molecule has 9 heteroatoms. The predicted molar refractivity (Wildman–Crippen MR) is 107 cm³/mol. The Morgan fingerprint density at radius 2 is 1.86 bits per heavy atom. The van der Waals surface area contributed by atoms with Crippen LogP contribution in [0.1, 0.15) is 6.92 Å². The average molecular weight is 417 g/mol. The lowest BCUT2D eigenvalue weighted by Gasteiger charge is -2.12. The number of halogens is 1. The largest absolute Gasteiger partial charge is 0.492 e. The smallest absolute Gasteiger partial charge is 0.253 e. The Bertz CT molecular complexity index is 1140. The first-order valence-electron chi connectivity index (χ1n) is 8.94. The van der Waals surface area contributed by atoms with Crippen LogP contribution >= 0.6 is 0 Å². The molecule has 0 radical (unpaired) electrons. The van der Waals surface area contributed by atoms with Crippen LogP contribution in [0.15, 0.2) is 70.6 Å². The molecule has 7 nitrogen and oxygen atoms in total. The maximum absolute atomic E-state index is 13.0. The van der Waals surface area contributed by atoms with Gasteiger partial charge in [-0.2, -0.15) is 0 Å². The molecule has 29 heavy (non-hydrogen) atoms.